The summed E-state index contributed by atoms with van der Waals surface area (Å²) >= 11 is 1.68. The van der Waals surface area contributed by atoms with Crippen LogP contribution in [0.3, 0.4) is 0 Å². The molecule has 1 aromatic heterocycles. The molecule has 2 aromatic rings. The van der Waals surface area contributed by atoms with Gasteiger partial charge in [0.05, 0.1) is 21.8 Å². The molecule has 6 nitrogen and oxygen atoms in total. The molecule has 1 heterocycles. The molecule has 138 valence electrons. The first kappa shape index (κ1) is 19.6. The van der Waals surface area contributed by atoms with Crippen molar-refractivity contribution in [1.29, 1.82) is 0 Å². The minimum absolute atomic E-state index is 0.174. The second-order valence-corrected chi connectivity index (χ2v) is 7.48. The summed E-state index contributed by atoms with van der Waals surface area (Å²) in [5.74, 6) is 0.416. The number of hydrogen-bond donors (Lipinski definition) is 2. The molecule has 25 heavy (non-hydrogen) atoms. The van der Waals surface area contributed by atoms with Gasteiger partial charge >= 0.3 is 6.03 Å². The average molecular weight is 365 g/mol. The number of carbonyl (C=O) groups excluding carboxylic acids is 1. The van der Waals surface area contributed by atoms with E-state index >= 15 is 0 Å². The van der Waals surface area contributed by atoms with Crippen LogP contribution in [-0.2, 0) is 4.74 Å². The largest absolute Gasteiger partial charge is 0.383 e. The van der Waals surface area contributed by atoms with Crippen molar-refractivity contribution in [2.45, 2.75) is 26.2 Å². The fourth-order valence-electron chi connectivity index (χ4n) is 2.35. The van der Waals surface area contributed by atoms with Crippen LogP contribution in [0.25, 0.3) is 10.2 Å². The second kappa shape index (κ2) is 9.70. The Morgan fingerprint density at radius 2 is 2.16 bits per heavy atom. The van der Waals surface area contributed by atoms with Crippen molar-refractivity contribution in [1.82, 2.24) is 15.2 Å². The molecule has 0 radical (unpaired) electrons. The van der Waals surface area contributed by atoms with Gasteiger partial charge in [-0.1, -0.05) is 13.8 Å². The van der Waals surface area contributed by atoms with Crippen molar-refractivity contribution in [2.75, 3.05) is 45.7 Å². The Morgan fingerprint density at radius 3 is 2.88 bits per heavy atom. The molecule has 0 bridgehead atoms. The van der Waals surface area contributed by atoms with Crippen LogP contribution < -0.4 is 10.6 Å². The molecule has 0 unspecified atom stereocenters. The summed E-state index contributed by atoms with van der Waals surface area (Å²) in [6, 6.07) is 5.66. The Kier molecular flexibility index (Phi) is 7.61. The van der Waals surface area contributed by atoms with Crippen molar-refractivity contribution in [3.05, 3.63) is 23.2 Å². The van der Waals surface area contributed by atoms with E-state index in [1.807, 2.05) is 18.2 Å². The monoisotopic (exact) mass is 364 g/mol. The zero-order valence-electron chi connectivity index (χ0n) is 15.5. The molecule has 0 saturated carbocycles. The number of amides is 2. The lowest BCUT2D eigenvalue weighted by Gasteiger charge is -2.16. The number of fused-ring (bicyclic) bond motifs is 1. The summed E-state index contributed by atoms with van der Waals surface area (Å²) in [7, 11) is 3.75. The zero-order valence-corrected chi connectivity index (χ0v) is 16.3. The van der Waals surface area contributed by atoms with E-state index in [4.69, 9.17) is 4.74 Å². The molecule has 0 spiro atoms. The van der Waals surface area contributed by atoms with Gasteiger partial charge in [-0.05, 0) is 38.2 Å². The van der Waals surface area contributed by atoms with Crippen LogP contribution >= 0.6 is 11.3 Å². The fourth-order valence-corrected chi connectivity index (χ4v) is 3.36. The second-order valence-electron chi connectivity index (χ2n) is 6.42. The number of carbonyl (C=O) groups is 1. The summed E-state index contributed by atoms with van der Waals surface area (Å²) in [6.45, 7) is 7.46. The Morgan fingerprint density at radius 1 is 1.36 bits per heavy atom. The van der Waals surface area contributed by atoms with E-state index in [1.54, 1.807) is 18.4 Å². The molecular weight excluding hydrogens is 336 g/mol. The summed E-state index contributed by atoms with van der Waals surface area (Å²) in [6.07, 6.45) is 0.902. The maximum atomic E-state index is 12.0. The number of nitrogens with zero attached hydrogens (tertiary/aromatic N) is 2. The number of ether oxygens (including phenoxy) is 1. The van der Waals surface area contributed by atoms with Crippen molar-refractivity contribution in [2.24, 2.45) is 0 Å². The molecule has 0 saturated heterocycles. The number of urea groups is 1. The molecule has 2 rings (SSSR count). The van der Waals surface area contributed by atoms with E-state index in [0.29, 0.717) is 12.5 Å². The first-order valence-corrected chi connectivity index (χ1v) is 9.44. The topological polar surface area (TPSA) is 66.5 Å². The van der Waals surface area contributed by atoms with Crippen molar-refractivity contribution >= 4 is 33.3 Å². The molecule has 0 aliphatic rings. The van der Waals surface area contributed by atoms with E-state index in [0.717, 1.165) is 47.0 Å². The smallest absolute Gasteiger partial charge is 0.319 e. The van der Waals surface area contributed by atoms with Crippen LogP contribution in [0.5, 0.6) is 0 Å². The van der Waals surface area contributed by atoms with Gasteiger partial charge in [-0.2, -0.15) is 0 Å². The van der Waals surface area contributed by atoms with Crippen LogP contribution in [0.15, 0.2) is 18.2 Å². The highest BCUT2D eigenvalue weighted by molar-refractivity contribution is 7.18. The third-order valence-electron chi connectivity index (χ3n) is 3.84. The number of thiazole rings is 1. The lowest BCUT2D eigenvalue weighted by atomic mass is 10.2. The number of methoxy groups -OCH3 is 1. The molecular formula is C18H28N4O2S. The number of benzene rings is 1. The van der Waals surface area contributed by atoms with E-state index in [-0.39, 0.29) is 6.03 Å². The molecule has 1 aromatic carbocycles. The van der Waals surface area contributed by atoms with Gasteiger partial charge in [0, 0.05) is 31.8 Å². The minimum Gasteiger partial charge on any atom is -0.383 e. The van der Waals surface area contributed by atoms with Gasteiger partial charge in [0.15, 0.2) is 0 Å². The van der Waals surface area contributed by atoms with Gasteiger partial charge < -0.3 is 20.3 Å². The van der Waals surface area contributed by atoms with Crippen molar-refractivity contribution in [3.8, 4) is 0 Å². The van der Waals surface area contributed by atoms with Gasteiger partial charge in [-0.25, -0.2) is 9.78 Å². The van der Waals surface area contributed by atoms with Gasteiger partial charge in [0.1, 0.15) is 0 Å². The number of aromatic nitrogens is 1. The quantitative estimate of drug-likeness (QED) is 0.668. The number of anilines is 1. The molecule has 2 N–H and O–H groups in total. The standard InChI is InChI=1S/C18H28N4O2S/c1-13(2)17-21-15-7-6-14(12-16(15)25-17)20-18(23)19-8-5-9-22(3)10-11-24-4/h6-7,12-13H,5,8-11H2,1-4H3,(H2,19,20,23). The Hall–Kier alpha value is -1.70. The molecule has 0 aliphatic heterocycles. The summed E-state index contributed by atoms with van der Waals surface area (Å²) in [4.78, 5) is 18.8. The van der Waals surface area contributed by atoms with Gasteiger partial charge in [-0.15, -0.1) is 11.3 Å². The summed E-state index contributed by atoms with van der Waals surface area (Å²) < 4.78 is 6.14. The van der Waals surface area contributed by atoms with E-state index in [2.05, 4.69) is 41.4 Å². The van der Waals surface area contributed by atoms with Crippen LogP contribution in [0.4, 0.5) is 10.5 Å². The third kappa shape index (κ3) is 6.26. The van der Waals surface area contributed by atoms with Crippen molar-refractivity contribution in [3.63, 3.8) is 0 Å². The number of hydrogen-bond acceptors (Lipinski definition) is 5. The number of nitrogens with one attached hydrogen (secondary N) is 2. The van der Waals surface area contributed by atoms with Crippen LogP contribution in [0.1, 0.15) is 31.2 Å². The lowest BCUT2D eigenvalue weighted by Crippen LogP contribution is -2.32. The first-order chi connectivity index (χ1) is 12.0. The van der Waals surface area contributed by atoms with Gasteiger partial charge in [0.2, 0.25) is 0 Å². The highest BCUT2D eigenvalue weighted by Crippen LogP contribution is 2.29. The molecule has 0 fully saturated rings. The SMILES string of the molecule is COCCN(C)CCCNC(=O)Nc1ccc2nc(C(C)C)sc2c1. The van der Waals surface area contributed by atoms with Crippen LogP contribution in [0.2, 0.25) is 0 Å². The Bertz CT molecular complexity index is 687. The molecule has 2 amide bonds. The predicted molar refractivity (Wildman–Crippen MR) is 105 cm³/mol. The Balaban J connectivity index is 1.77. The lowest BCUT2D eigenvalue weighted by molar-refractivity contribution is 0.160. The maximum Gasteiger partial charge on any atom is 0.319 e. The van der Waals surface area contributed by atoms with Crippen molar-refractivity contribution < 1.29 is 9.53 Å². The van der Waals surface area contributed by atoms with E-state index in [1.165, 1.54) is 0 Å². The fraction of sp³-hybridized carbons (Fsp3) is 0.556. The predicted octanol–water partition coefficient (Wildman–Crippen LogP) is 3.51. The zero-order chi connectivity index (χ0) is 18.2. The minimum atomic E-state index is -0.174. The normalized spacial score (nSPS) is 11.4. The average Bonchev–Trinajstić information content (AvgIpc) is 3.00. The third-order valence-corrected chi connectivity index (χ3v) is 5.15. The number of likely N-dealkylation sites (N-methyl/N-ethyl adjacent to an activating group) is 1. The summed E-state index contributed by atoms with van der Waals surface area (Å²) in [5, 5.41) is 6.90. The highest BCUT2D eigenvalue weighted by Gasteiger charge is 2.09. The van der Waals surface area contributed by atoms with Crippen LogP contribution in [-0.4, -0.2) is 56.3 Å². The van der Waals surface area contributed by atoms with E-state index < -0.39 is 0 Å². The highest BCUT2D eigenvalue weighted by atomic mass is 32.1. The molecule has 0 atom stereocenters. The van der Waals surface area contributed by atoms with Crippen LogP contribution in [0, 0.1) is 0 Å². The molecule has 0 aliphatic carbocycles. The Labute approximate surface area is 153 Å². The first-order valence-electron chi connectivity index (χ1n) is 8.62. The van der Waals surface area contributed by atoms with Gasteiger partial charge in [-0.3, -0.25) is 0 Å². The van der Waals surface area contributed by atoms with E-state index in [9.17, 15) is 4.79 Å². The maximum absolute atomic E-state index is 12.0. The number of rotatable bonds is 9. The summed E-state index contributed by atoms with van der Waals surface area (Å²) in [5.41, 5.74) is 1.78. The van der Waals surface area contributed by atoms with Gasteiger partial charge in [0.25, 0.3) is 0 Å². The molecule has 7 heteroatoms.